The SMILES string of the molecule is CCCn1nccc1-c1cc([C@@H]2CCCN2)ccn1. The van der Waals surface area contributed by atoms with Crippen LogP contribution in [-0.2, 0) is 6.54 Å². The van der Waals surface area contributed by atoms with Crippen LogP contribution >= 0.6 is 0 Å². The van der Waals surface area contributed by atoms with Gasteiger partial charge in [0.05, 0.1) is 11.4 Å². The van der Waals surface area contributed by atoms with Gasteiger partial charge < -0.3 is 5.32 Å². The van der Waals surface area contributed by atoms with Gasteiger partial charge >= 0.3 is 0 Å². The molecule has 4 nitrogen and oxygen atoms in total. The molecule has 3 rings (SSSR count). The third-order valence-electron chi connectivity index (χ3n) is 3.66. The van der Waals surface area contributed by atoms with E-state index in [2.05, 4.69) is 34.5 Å². The first-order valence-electron chi connectivity index (χ1n) is 7.10. The quantitative estimate of drug-likeness (QED) is 0.914. The van der Waals surface area contributed by atoms with Gasteiger partial charge in [-0.3, -0.25) is 9.67 Å². The summed E-state index contributed by atoms with van der Waals surface area (Å²) in [5, 5.41) is 7.91. The maximum Gasteiger partial charge on any atom is 0.0886 e. The molecule has 0 bridgehead atoms. The molecule has 2 aromatic heterocycles. The monoisotopic (exact) mass is 256 g/mol. The molecule has 4 heteroatoms. The van der Waals surface area contributed by atoms with Crippen molar-refractivity contribution in [1.82, 2.24) is 20.1 Å². The van der Waals surface area contributed by atoms with Crippen molar-refractivity contribution in [2.75, 3.05) is 6.54 Å². The summed E-state index contributed by atoms with van der Waals surface area (Å²) in [6.45, 7) is 4.23. The number of hydrogen-bond donors (Lipinski definition) is 1. The van der Waals surface area contributed by atoms with Gasteiger partial charge in [0, 0.05) is 25.0 Å². The fraction of sp³-hybridized carbons (Fsp3) is 0.467. The van der Waals surface area contributed by atoms with Crippen LogP contribution in [-0.4, -0.2) is 21.3 Å². The lowest BCUT2D eigenvalue weighted by Crippen LogP contribution is -2.13. The largest absolute Gasteiger partial charge is 0.310 e. The van der Waals surface area contributed by atoms with Crippen LogP contribution in [0.4, 0.5) is 0 Å². The third-order valence-corrected chi connectivity index (χ3v) is 3.66. The Hall–Kier alpha value is -1.68. The molecule has 1 N–H and O–H groups in total. The van der Waals surface area contributed by atoms with Gasteiger partial charge in [-0.25, -0.2) is 0 Å². The fourth-order valence-electron chi connectivity index (χ4n) is 2.71. The number of nitrogens with zero attached hydrogens (tertiary/aromatic N) is 3. The van der Waals surface area contributed by atoms with Crippen LogP contribution in [0.5, 0.6) is 0 Å². The van der Waals surface area contributed by atoms with Crippen molar-refractivity contribution in [3.63, 3.8) is 0 Å². The molecule has 0 radical (unpaired) electrons. The molecule has 1 aliphatic heterocycles. The number of pyridine rings is 1. The molecular formula is C15H20N4. The van der Waals surface area contributed by atoms with Gasteiger partial charge in [0.25, 0.3) is 0 Å². The molecule has 0 spiro atoms. The number of nitrogens with one attached hydrogen (secondary N) is 1. The van der Waals surface area contributed by atoms with Crippen LogP contribution in [0.2, 0.25) is 0 Å². The molecule has 0 amide bonds. The highest BCUT2D eigenvalue weighted by Gasteiger charge is 2.17. The minimum absolute atomic E-state index is 0.490. The minimum Gasteiger partial charge on any atom is -0.310 e. The zero-order valence-corrected chi connectivity index (χ0v) is 11.3. The summed E-state index contributed by atoms with van der Waals surface area (Å²) in [6, 6.07) is 6.85. The van der Waals surface area contributed by atoms with Crippen molar-refractivity contribution in [2.45, 2.75) is 38.8 Å². The fourth-order valence-corrected chi connectivity index (χ4v) is 2.71. The van der Waals surface area contributed by atoms with E-state index < -0.39 is 0 Å². The van der Waals surface area contributed by atoms with E-state index in [-0.39, 0.29) is 0 Å². The average molecular weight is 256 g/mol. The summed E-state index contributed by atoms with van der Waals surface area (Å²) in [5.74, 6) is 0. The third kappa shape index (κ3) is 2.54. The van der Waals surface area contributed by atoms with Crippen LogP contribution in [0.1, 0.15) is 37.8 Å². The summed E-state index contributed by atoms with van der Waals surface area (Å²) in [6.07, 6.45) is 7.33. The van der Waals surface area contributed by atoms with E-state index in [9.17, 15) is 0 Å². The van der Waals surface area contributed by atoms with E-state index in [0.29, 0.717) is 6.04 Å². The second-order valence-electron chi connectivity index (χ2n) is 5.06. The summed E-state index contributed by atoms with van der Waals surface area (Å²) in [5.41, 5.74) is 3.48. The predicted molar refractivity (Wildman–Crippen MR) is 75.7 cm³/mol. The van der Waals surface area contributed by atoms with Crippen LogP contribution in [0.15, 0.2) is 30.6 Å². The Bertz CT molecular complexity index is 541. The Kier molecular flexibility index (Phi) is 3.60. The van der Waals surface area contributed by atoms with E-state index in [1.165, 1.54) is 18.4 Å². The van der Waals surface area contributed by atoms with Crippen molar-refractivity contribution in [3.05, 3.63) is 36.2 Å². The number of aromatic nitrogens is 3. The molecule has 19 heavy (non-hydrogen) atoms. The molecule has 100 valence electrons. The van der Waals surface area contributed by atoms with E-state index >= 15 is 0 Å². The molecule has 1 atom stereocenters. The van der Waals surface area contributed by atoms with Gasteiger partial charge in [-0.15, -0.1) is 0 Å². The van der Waals surface area contributed by atoms with Crippen molar-refractivity contribution >= 4 is 0 Å². The molecule has 1 aliphatic rings. The Morgan fingerprint density at radius 2 is 2.32 bits per heavy atom. The average Bonchev–Trinajstić information content (AvgIpc) is 3.10. The van der Waals surface area contributed by atoms with Crippen molar-refractivity contribution in [2.24, 2.45) is 0 Å². The summed E-state index contributed by atoms with van der Waals surface area (Å²) >= 11 is 0. The van der Waals surface area contributed by atoms with Gasteiger partial charge in [0.15, 0.2) is 0 Å². The Morgan fingerprint density at radius 3 is 3.11 bits per heavy atom. The second-order valence-corrected chi connectivity index (χ2v) is 5.06. The van der Waals surface area contributed by atoms with Crippen molar-refractivity contribution < 1.29 is 0 Å². The normalized spacial score (nSPS) is 18.9. The van der Waals surface area contributed by atoms with E-state index in [0.717, 1.165) is 30.9 Å². The molecule has 2 aromatic rings. The smallest absolute Gasteiger partial charge is 0.0886 e. The highest BCUT2D eigenvalue weighted by molar-refractivity contribution is 5.55. The first kappa shape index (κ1) is 12.4. The standard InChI is InChI=1S/C15H20N4/c1-2-10-19-15(6-9-18-19)14-11-12(5-8-17-14)13-4-3-7-16-13/h5-6,8-9,11,13,16H,2-4,7,10H2,1H3/t13-/m0/s1. The lowest BCUT2D eigenvalue weighted by molar-refractivity contribution is 0.607. The van der Waals surface area contributed by atoms with Gasteiger partial charge in [-0.1, -0.05) is 6.92 Å². The molecule has 0 aromatic carbocycles. The van der Waals surface area contributed by atoms with Crippen LogP contribution < -0.4 is 5.32 Å². The molecule has 0 unspecified atom stereocenters. The molecular weight excluding hydrogens is 236 g/mol. The summed E-state index contributed by atoms with van der Waals surface area (Å²) in [7, 11) is 0. The summed E-state index contributed by atoms with van der Waals surface area (Å²) in [4.78, 5) is 4.51. The first-order valence-corrected chi connectivity index (χ1v) is 7.10. The highest BCUT2D eigenvalue weighted by Crippen LogP contribution is 2.26. The molecule has 1 fully saturated rings. The summed E-state index contributed by atoms with van der Waals surface area (Å²) < 4.78 is 2.04. The highest BCUT2D eigenvalue weighted by atomic mass is 15.3. The second kappa shape index (κ2) is 5.53. The van der Waals surface area contributed by atoms with Gasteiger partial charge in [0.2, 0.25) is 0 Å². The number of aryl methyl sites for hydroxylation is 1. The lowest BCUT2D eigenvalue weighted by atomic mass is 10.1. The topological polar surface area (TPSA) is 42.7 Å². The van der Waals surface area contributed by atoms with Gasteiger partial charge in [0.1, 0.15) is 0 Å². The lowest BCUT2D eigenvalue weighted by Gasteiger charge is -2.12. The predicted octanol–water partition coefficient (Wildman–Crippen LogP) is 2.78. The van der Waals surface area contributed by atoms with Crippen LogP contribution in [0.3, 0.4) is 0 Å². The molecule has 1 saturated heterocycles. The zero-order valence-electron chi connectivity index (χ0n) is 11.3. The van der Waals surface area contributed by atoms with E-state index in [4.69, 9.17) is 0 Å². The van der Waals surface area contributed by atoms with Crippen molar-refractivity contribution in [1.29, 1.82) is 0 Å². The first-order chi connectivity index (χ1) is 9.38. The van der Waals surface area contributed by atoms with E-state index in [1.807, 2.05) is 23.1 Å². The number of rotatable bonds is 4. The minimum atomic E-state index is 0.490. The Morgan fingerprint density at radius 1 is 1.37 bits per heavy atom. The zero-order chi connectivity index (χ0) is 13.1. The van der Waals surface area contributed by atoms with Gasteiger partial charge in [-0.2, -0.15) is 5.10 Å². The maximum atomic E-state index is 4.51. The van der Waals surface area contributed by atoms with Crippen molar-refractivity contribution in [3.8, 4) is 11.4 Å². The van der Waals surface area contributed by atoms with Crippen LogP contribution in [0, 0.1) is 0 Å². The Balaban J connectivity index is 1.91. The molecule has 0 saturated carbocycles. The van der Waals surface area contributed by atoms with Gasteiger partial charge in [-0.05, 0) is 49.6 Å². The molecule has 3 heterocycles. The van der Waals surface area contributed by atoms with E-state index in [1.54, 1.807) is 0 Å². The Labute approximate surface area is 113 Å². The molecule has 0 aliphatic carbocycles. The van der Waals surface area contributed by atoms with Crippen LogP contribution in [0.25, 0.3) is 11.4 Å². The maximum absolute atomic E-state index is 4.51. The number of hydrogen-bond acceptors (Lipinski definition) is 3.